The van der Waals surface area contributed by atoms with Crippen LogP contribution >= 0.6 is 0 Å². The van der Waals surface area contributed by atoms with Gasteiger partial charge in [0.2, 0.25) is 5.91 Å². The lowest BCUT2D eigenvalue weighted by atomic mass is 10.0. The largest absolute Gasteiger partial charge is 0.444 e. The van der Waals surface area contributed by atoms with E-state index < -0.39 is 35.6 Å². The van der Waals surface area contributed by atoms with Crippen molar-refractivity contribution in [3.05, 3.63) is 90.5 Å². The van der Waals surface area contributed by atoms with Crippen molar-refractivity contribution in [2.24, 2.45) is 0 Å². The van der Waals surface area contributed by atoms with Crippen molar-refractivity contribution >= 4 is 29.2 Å². The highest BCUT2D eigenvalue weighted by molar-refractivity contribution is 6.12. The Kier molecular flexibility index (Phi) is 7.61. The average Bonchev–Trinajstić information content (AvgIpc) is 3.39. The lowest BCUT2D eigenvalue weighted by Gasteiger charge is -2.21. The van der Waals surface area contributed by atoms with Crippen molar-refractivity contribution in [2.75, 3.05) is 10.6 Å². The smallest absolute Gasteiger partial charge is 0.412 e. The Labute approximate surface area is 218 Å². The second-order valence-corrected chi connectivity index (χ2v) is 9.41. The van der Waals surface area contributed by atoms with Gasteiger partial charge in [-0.1, -0.05) is 41.6 Å². The van der Waals surface area contributed by atoms with Gasteiger partial charge in [0.1, 0.15) is 11.4 Å². The molecule has 0 unspecified atom stereocenters. The van der Waals surface area contributed by atoms with E-state index in [0.717, 1.165) is 0 Å². The molecule has 10 heteroatoms. The van der Waals surface area contributed by atoms with Crippen molar-refractivity contribution in [1.29, 1.82) is 0 Å². The second-order valence-electron chi connectivity index (χ2n) is 9.41. The molecule has 38 heavy (non-hydrogen) atoms. The van der Waals surface area contributed by atoms with Crippen LogP contribution in [0.15, 0.2) is 79.1 Å². The SMILES string of the molecule is CC(C)(C)OC(=O)Nc1ccc(-c2ccccc2F)cc1NC(=O)CC(=O)c1cccc(-n2ccnn2)c1. The molecule has 0 atom stereocenters. The number of ether oxygens (including phenoxy) is 1. The topological polar surface area (TPSA) is 115 Å². The van der Waals surface area contributed by atoms with Crippen LogP contribution in [0.2, 0.25) is 0 Å². The monoisotopic (exact) mass is 515 g/mol. The van der Waals surface area contributed by atoms with E-state index in [9.17, 15) is 18.8 Å². The Morgan fingerprint density at radius 1 is 0.947 bits per heavy atom. The van der Waals surface area contributed by atoms with Crippen LogP contribution in [-0.2, 0) is 9.53 Å². The van der Waals surface area contributed by atoms with Crippen LogP contribution in [-0.4, -0.2) is 38.4 Å². The van der Waals surface area contributed by atoms with Crippen molar-refractivity contribution in [3.63, 3.8) is 0 Å². The zero-order valence-electron chi connectivity index (χ0n) is 21.1. The van der Waals surface area contributed by atoms with Crippen LogP contribution in [0.5, 0.6) is 0 Å². The summed E-state index contributed by atoms with van der Waals surface area (Å²) in [6.07, 6.45) is 1.96. The summed E-state index contributed by atoms with van der Waals surface area (Å²) in [6.45, 7) is 5.17. The third-order valence-electron chi connectivity index (χ3n) is 5.29. The number of nitrogens with one attached hydrogen (secondary N) is 2. The fourth-order valence-electron chi connectivity index (χ4n) is 3.64. The van der Waals surface area contributed by atoms with Gasteiger partial charge in [-0.15, -0.1) is 5.10 Å². The molecule has 194 valence electrons. The molecule has 0 aliphatic heterocycles. The number of benzene rings is 3. The maximum Gasteiger partial charge on any atom is 0.412 e. The summed E-state index contributed by atoms with van der Waals surface area (Å²) in [6, 6.07) is 17.5. The van der Waals surface area contributed by atoms with Gasteiger partial charge in [-0.05, 0) is 56.7 Å². The molecular weight excluding hydrogens is 489 g/mol. The number of carbonyl (C=O) groups is 3. The Morgan fingerprint density at radius 2 is 1.74 bits per heavy atom. The summed E-state index contributed by atoms with van der Waals surface area (Å²) in [4.78, 5) is 38.2. The van der Waals surface area contributed by atoms with Crippen LogP contribution in [0.4, 0.5) is 20.6 Å². The van der Waals surface area contributed by atoms with E-state index >= 15 is 0 Å². The first-order valence-electron chi connectivity index (χ1n) is 11.8. The third-order valence-corrected chi connectivity index (χ3v) is 5.29. The third kappa shape index (κ3) is 6.67. The molecule has 2 amide bonds. The van der Waals surface area contributed by atoms with Crippen LogP contribution in [0, 0.1) is 5.82 Å². The number of halogens is 1. The molecular formula is C28H26FN5O4. The highest BCUT2D eigenvalue weighted by Crippen LogP contribution is 2.31. The molecule has 0 spiro atoms. The van der Waals surface area contributed by atoms with Gasteiger partial charge in [-0.25, -0.2) is 13.9 Å². The molecule has 3 aromatic carbocycles. The molecule has 0 saturated carbocycles. The van der Waals surface area contributed by atoms with E-state index in [-0.39, 0.29) is 11.4 Å². The molecule has 0 saturated heterocycles. The van der Waals surface area contributed by atoms with Crippen molar-refractivity contribution in [2.45, 2.75) is 32.8 Å². The molecule has 4 aromatic rings. The van der Waals surface area contributed by atoms with Gasteiger partial charge in [0.25, 0.3) is 0 Å². The Morgan fingerprint density at radius 3 is 2.45 bits per heavy atom. The molecule has 4 rings (SSSR count). The van der Waals surface area contributed by atoms with Gasteiger partial charge < -0.3 is 10.1 Å². The van der Waals surface area contributed by atoms with E-state index in [1.54, 1.807) is 75.5 Å². The predicted molar refractivity (Wildman–Crippen MR) is 141 cm³/mol. The van der Waals surface area contributed by atoms with Crippen molar-refractivity contribution < 1.29 is 23.5 Å². The molecule has 0 fully saturated rings. The number of hydrogen-bond donors (Lipinski definition) is 2. The first-order chi connectivity index (χ1) is 18.1. The highest BCUT2D eigenvalue weighted by Gasteiger charge is 2.20. The molecule has 9 nitrogen and oxygen atoms in total. The van der Waals surface area contributed by atoms with Gasteiger partial charge in [0, 0.05) is 11.1 Å². The number of rotatable bonds is 7. The number of aromatic nitrogens is 3. The minimum atomic E-state index is -0.742. The molecule has 0 aliphatic rings. The number of carbonyl (C=O) groups excluding carboxylic acids is 3. The van der Waals surface area contributed by atoms with E-state index in [1.165, 1.54) is 29.1 Å². The quantitative estimate of drug-likeness (QED) is 0.243. The van der Waals surface area contributed by atoms with Crippen LogP contribution < -0.4 is 10.6 Å². The minimum absolute atomic E-state index is 0.186. The summed E-state index contributed by atoms with van der Waals surface area (Å²) >= 11 is 0. The number of amides is 2. The molecule has 2 N–H and O–H groups in total. The molecule has 0 bridgehead atoms. The first kappa shape index (κ1) is 26.2. The maximum absolute atomic E-state index is 14.4. The summed E-state index contributed by atoms with van der Waals surface area (Å²) in [5.74, 6) is -1.48. The summed E-state index contributed by atoms with van der Waals surface area (Å²) in [7, 11) is 0. The van der Waals surface area contributed by atoms with Crippen molar-refractivity contribution in [1.82, 2.24) is 15.0 Å². The van der Waals surface area contributed by atoms with E-state index in [1.807, 2.05) is 0 Å². The van der Waals surface area contributed by atoms with E-state index in [0.29, 0.717) is 22.4 Å². The molecule has 1 aromatic heterocycles. The van der Waals surface area contributed by atoms with Crippen molar-refractivity contribution in [3.8, 4) is 16.8 Å². The fourth-order valence-corrected chi connectivity index (χ4v) is 3.64. The number of hydrogen-bond acceptors (Lipinski definition) is 6. The van der Waals surface area contributed by atoms with E-state index in [2.05, 4.69) is 20.9 Å². The minimum Gasteiger partial charge on any atom is -0.444 e. The number of anilines is 2. The van der Waals surface area contributed by atoms with E-state index in [4.69, 9.17) is 4.74 Å². The van der Waals surface area contributed by atoms with Crippen LogP contribution in [0.1, 0.15) is 37.6 Å². The lowest BCUT2D eigenvalue weighted by Crippen LogP contribution is -2.27. The summed E-state index contributed by atoms with van der Waals surface area (Å²) in [5.41, 5.74) is 1.40. The maximum atomic E-state index is 14.4. The fraction of sp³-hybridized carbons (Fsp3) is 0.179. The number of ketones is 1. The normalized spacial score (nSPS) is 11.1. The van der Waals surface area contributed by atoms with Gasteiger partial charge in [0.05, 0.1) is 35.9 Å². The van der Waals surface area contributed by atoms with Crippen LogP contribution in [0.25, 0.3) is 16.8 Å². The average molecular weight is 516 g/mol. The van der Waals surface area contributed by atoms with Gasteiger partial charge >= 0.3 is 6.09 Å². The van der Waals surface area contributed by atoms with Gasteiger partial charge in [-0.2, -0.15) is 0 Å². The van der Waals surface area contributed by atoms with Crippen LogP contribution in [0.3, 0.4) is 0 Å². The zero-order valence-corrected chi connectivity index (χ0v) is 21.1. The number of nitrogens with zero attached hydrogens (tertiary/aromatic N) is 3. The molecule has 0 radical (unpaired) electrons. The second kappa shape index (κ2) is 11.0. The lowest BCUT2D eigenvalue weighted by molar-refractivity contribution is -0.115. The number of Topliss-reactive ketones (excluding diaryl/α,β-unsaturated/α-hetero) is 1. The zero-order chi connectivity index (χ0) is 27.3. The Hall–Kier alpha value is -4.86. The molecule has 1 heterocycles. The highest BCUT2D eigenvalue weighted by atomic mass is 19.1. The van der Waals surface area contributed by atoms with Gasteiger partial charge in [-0.3, -0.25) is 14.9 Å². The summed E-state index contributed by atoms with van der Waals surface area (Å²) in [5, 5.41) is 12.9. The Balaban J connectivity index is 1.56. The predicted octanol–water partition coefficient (Wildman–Crippen LogP) is 5.63. The van der Waals surface area contributed by atoms with Gasteiger partial charge in [0.15, 0.2) is 5.78 Å². The molecule has 0 aliphatic carbocycles. The summed E-state index contributed by atoms with van der Waals surface area (Å²) < 4.78 is 21.2. The Bertz CT molecular complexity index is 1480. The standard InChI is InChI=1S/C28H26FN5O4/c1-28(2,3)38-27(37)32-23-12-11-18(21-9-4-5-10-22(21)29)16-24(23)31-26(36)17-25(35)19-7-6-8-20(15-19)34-14-13-30-33-34/h4-16H,17H2,1-3H3,(H,31,36)(H,32,37). The first-order valence-corrected chi connectivity index (χ1v) is 11.8.